The molecule has 0 aliphatic carbocycles. The second-order valence-corrected chi connectivity index (χ2v) is 3.91. The molecular formula is C10H6BrFN2O2. The number of aromatic carboxylic acids is 1. The van der Waals surface area contributed by atoms with Crippen molar-refractivity contribution in [3.8, 4) is 11.3 Å². The van der Waals surface area contributed by atoms with E-state index in [9.17, 15) is 9.18 Å². The Bertz CT molecular complexity index is 533. The van der Waals surface area contributed by atoms with E-state index in [1.807, 2.05) is 0 Å². The fraction of sp³-hybridized carbons (Fsp3) is 0. The van der Waals surface area contributed by atoms with Gasteiger partial charge in [0.1, 0.15) is 11.4 Å². The Morgan fingerprint density at radius 2 is 2.25 bits per heavy atom. The van der Waals surface area contributed by atoms with Crippen LogP contribution < -0.4 is 0 Å². The molecule has 1 aromatic carbocycles. The van der Waals surface area contributed by atoms with E-state index in [0.717, 1.165) is 6.20 Å². The van der Waals surface area contributed by atoms with Crippen molar-refractivity contribution >= 4 is 21.9 Å². The second kappa shape index (κ2) is 4.05. The standard InChI is InChI=1S/C10H6BrFN2O2/c11-6-2-1-3-7(12)8(6)9-5(10(15)16)4-13-14-9/h1-4H,(H,13,14)(H,15,16). The van der Waals surface area contributed by atoms with Crippen LogP contribution in [0.3, 0.4) is 0 Å². The summed E-state index contributed by atoms with van der Waals surface area (Å²) < 4.78 is 14.1. The molecule has 2 rings (SSSR count). The lowest BCUT2D eigenvalue weighted by Crippen LogP contribution is -1.98. The number of nitrogens with zero attached hydrogens (tertiary/aromatic N) is 1. The maximum atomic E-state index is 13.6. The SMILES string of the molecule is O=C(O)c1cn[nH]c1-c1c(F)cccc1Br. The molecular weight excluding hydrogens is 279 g/mol. The second-order valence-electron chi connectivity index (χ2n) is 3.06. The molecule has 0 saturated carbocycles. The van der Waals surface area contributed by atoms with E-state index < -0.39 is 11.8 Å². The maximum absolute atomic E-state index is 13.6. The maximum Gasteiger partial charge on any atom is 0.339 e. The number of hydrogen-bond donors (Lipinski definition) is 2. The van der Waals surface area contributed by atoms with Crippen molar-refractivity contribution in [2.45, 2.75) is 0 Å². The van der Waals surface area contributed by atoms with Crippen LogP contribution in [0.2, 0.25) is 0 Å². The van der Waals surface area contributed by atoms with Crippen molar-refractivity contribution in [3.63, 3.8) is 0 Å². The Morgan fingerprint density at radius 3 is 2.88 bits per heavy atom. The van der Waals surface area contributed by atoms with Gasteiger partial charge in [0.05, 0.1) is 17.5 Å². The van der Waals surface area contributed by atoms with Gasteiger partial charge in [0, 0.05) is 4.47 Å². The molecule has 1 aromatic heterocycles. The van der Waals surface area contributed by atoms with Gasteiger partial charge in [-0.2, -0.15) is 5.10 Å². The minimum Gasteiger partial charge on any atom is -0.478 e. The number of aromatic nitrogens is 2. The molecule has 6 heteroatoms. The van der Waals surface area contributed by atoms with Gasteiger partial charge in [-0.15, -0.1) is 0 Å². The van der Waals surface area contributed by atoms with E-state index in [4.69, 9.17) is 5.11 Å². The summed E-state index contributed by atoms with van der Waals surface area (Å²) in [5, 5.41) is 15.0. The van der Waals surface area contributed by atoms with Crippen LogP contribution in [0.1, 0.15) is 10.4 Å². The Kier molecular flexibility index (Phi) is 2.74. The van der Waals surface area contributed by atoms with Crippen molar-refractivity contribution in [1.29, 1.82) is 0 Å². The zero-order valence-electron chi connectivity index (χ0n) is 7.87. The highest BCUT2D eigenvalue weighted by Gasteiger charge is 2.18. The van der Waals surface area contributed by atoms with Crippen molar-refractivity contribution in [2.24, 2.45) is 0 Å². The van der Waals surface area contributed by atoms with E-state index in [2.05, 4.69) is 26.1 Å². The van der Waals surface area contributed by atoms with Gasteiger partial charge in [-0.1, -0.05) is 6.07 Å². The Balaban J connectivity index is 2.68. The van der Waals surface area contributed by atoms with Crippen LogP contribution in [0.25, 0.3) is 11.3 Å². The number of aromatic amines is 1. The minimum atomic E-state index is -1.15. The first kappa shape index (κ1) is 10.8. The molecule has 0 atom stereocenters. The molecule has 16 heavy (non-hydrogen) atoms. The van der Waals surface area contributed by atoms with Gasteiger partial charge >= 0.3 is 5.97 Å². The predicted octanol–water partition coefficient (Wildman–Crippen LogP) is 2.68. The van der Waals surface area contributed by atoms with Gasteiger partial charge in [0.15, 0.2) is 0 Å². The summed E-state index contributed by atoms with van der Waals surface area (Å²) in [7, 11) is 0. The van der Waals surface area contributed by atoms with Crippen LogP contribution in [-0.4, -0.2) is 21.3 Å². The molecule has 0 unspecified atom stereocenters. The highest BCUT2D eigenvalue weighted by atomic mass is 79.9. The molecule has 0 saturated heterocycles. The third-order valence-electron chi connectivity index (χ3n) is 2.08. The van der Waals surface area contributed by atoms with Gasteiger partial charge in [0.25, 0.3) is 0 Å². The molecule has 0 aliphatic heterocycles. The number of H-pyrrole nitrogens is 1. The van der Waals surface area contributed by atoms with Crippen LogP contribution in [0, 0.1) is 5.82 Å². The number of hydrogen-bond acceptors (Lipinski definition) is 2. The summed E-state index contributed by atoms with van der Waals surface area (Å²) in [5.41, 5.74) is 0.251. The first-order valence-electron chi connectivity index (χ1n) is 4.32. The summed E-state index contributed by atoms with van der Waals surface area (Å²) in [5.74, 6) is -1.67. The smallest absolute Gasteiger partial charge is 0.339 e. The summed E-state index contributed by atoms with van der Waals surface area (Å²) >= 11 is 3.17. The van der Waals surface area contributed by atoms with E-state index in [1.54, 1.807) is 6.07 Å². The Hall–Kier alpha value is -1.69. The summed E-state index contributed by atoms with van der Waals surface area (Å²) in [6, 6.07) is 4.41. The minimum absolute atomic E-state index is 0.0641. The van der Waals surface area contributed by atoms with E-state index >= 15 is 0 Å². The van der Waals surface area contributed by atoms with Crippen molar-refractivity contribution in [3.05, 3.63) is 40.2 Å². The molecule has 0 bridgehead atoms. The molecule has 0 fully saturated rings. The summed E-state index contributed by atoms with van der Waals surface area (Å²) in [6.45, 7) is 0. The van der Waals surface area contributed by atoms with Crippen LogP contribution >= 0.6 is 15.9 Å². The first-order chi connectivity index (χ1) is 7.61. The number of nitrogens with one attached hydrogen (secondary N) is 1. The average Bonchev–Trinajstić information content (AvgIpc) is 2.66. The quantitative estimate of drug-likeness (QED) is 0.891. The van der Waals surface area contributed by atoms with Gasteiger partial charge in [0.2, 0.25) is 0 Å². The summed E-state index contributed by atoms with van der Waals surface area (Å²) in [6.07, 6.45) is 1.15. The van der Waals surface area contributed by atoms with Crippen LogP contribution in [0.5, 0.6) is 0 Å². The lowest BCUT2D eigenvalue weighted by molar-refractivity contribution is 0.0698. The molecule has 0 radical (unpaired) electrons. The number of benzene rings is 1. The monoisotopic (exact) mass is 284 g/mol. The number of rotatable bonds is 2. The molecule has 1 heterocycles. The van der Waals surface area contributed by atoms with Gasteiger partial charge < -0.3 is 5.11 Å². The van der Waals surface area contributed by atoms with Gasteiger partial charge in [-0.05, 0) is 28.1 Å². The van der Waals surface area contributed by atoms with Crippen LogP contribution in [-0.2, 0) is 0 Å². The lowest BCUT2D eigenvalue weighted by atomic mass is 10.1. The van der Waals surface area contributed by atoms with Gasteiger partial charge in [-0.25, -0.2) is 9.18 Å². The zero-order valence-corrected chi connectivity index (χ0v) is 9.45. The van der Waals surface area contributed by atoms with Crippen molar-refractivity contribution in [1.82, 2.24) is 10.2 Å². The number of carboxylic acid groups (broad SMARTS) is 1. The number of carbonyl (C=O) groups is 1. The van der Waals surface area contributed by atoms with E-state index in [1.165, 1.54) is 12.1 Å². The molecule has 82 valence electrons. The lowest BCUT2D eigenvalue weighted by Gasteiger charge is -2.04. The molecule has 2 aromatic rings. The van der Waals surface area contributed by atoms with Crippen LogP contribution in [0.4, 0.5) is 4.39 Å². The highest BCUT2D eigenvalue weighted by molar-refractivity contribution is 9.10. The van der Waals surface area contributed by atoms with E-state index in [0.29, 0.717) is 4.47 Å². The Morgan fingerprint density at radius 1 is 1.50 bits per heavy atom. The molecule has 2 N–H and O–H groups in total. The zero-order chi connectivity index (χ0) is 11.7. The number of halogens is 2. The number of carboxylic acids is 1. The predicted molar refractivity (Wildman–Crippen MR) is 58.6 cm³/mol. The third-order valence-corrected chi connectivity index (χ3v) is 2.74. The largest absolute Gasteiger partial charge is 0.478 e. The Labute approximate surface area is 98.2 Å². The molecule has 0 aliphatic rings. The first-order valence-corrected chi connectivity index (χ1v) is 5.11. The topological polar surface area (TPSA) is 66.0 Å². The third kappa shape index (κ3) is 1.71. The average molecular weight is 285 g/mol. The van der Waals surface area contributed by atoms with Crippen molar-refractivity contribution in [2.75, 3.05) is 0 Å². The normalized spacial score (nSPS) is 10.4. The fourth-order valence-electron chi connectivity index (χ4n) is 1.38. The van der Waals surface area contributed by atoms with E-state index in [-0.39, 0.29) is 16.8 Å². The van der Waals surface area contributed by atoms with Crippen molar-refractivity contribution < 1.29 is 14.3 Å². The molecule has 0 spiro atoms. The van der Waals surface area contributed by atoms with Gasteiger partial charge in [-0.3, -0.25) is 5.10 Å². The van der Waals surface area contributed by atoms with Crippen LogP contribution in [0.15, 0.2) is 28.9 Å². The molecule has 0 amide bonds. The molecule has 4 nitrogen and oxygen atoms in total. The summed E-state index contributed by atoms with van der Waals surface area (Å²) in [4.78, 5) is 10.9. The highest BCUT2D eigenvalue weighted by Crippen LogP contribution is 2.31. The fourth-order valence-corrected chi connectivity index (χ4v) is 1.92.